The largest absolute Gasteiger partial charge is 0.443 e. The van der Waals surface area contributed by atoms with E-state index in [2.05, 4.69) is 15.2 Å². The normalized spacial score (nSPS) is 14.5. The van der Waals surface area contributed by atoms with Crippen molar-refractivity contribution in [3.8, 4) is 0 Å². The predicted molar refractivity (Wildman–Crippen MR) is 150 cm³/mol. The molecule has 1 aliphatic heterocycles. The van der Waals surface area contributed by atoms with Gasteiger partial charge in [0.15, 0.2) is 16.6 Å². The molecule has 0 bridgehead atoms. The molecule has 5 N–H and O–H groups in total. The summed E-state index contributed by atoms with van der Waals surface area (Å²) in [7, 11) is 0. The minimum absolute atomic E-state index is 0.00850. The van der Waals surface area contributed by atoms with Crippen LogP contribution in [0.15, 0.2) is 74.8 Å². The van der Waals surface area contributed by atoms with Crippen molar-refractivity contribution in [3.63, 3.8) is 0 Å². The summed E-state index contributed by atoms with van der Waals surface area (Å²) >= 11 is 6.52. The van der Waals surface area contributed by atoms with Crippen LogP contribution in [0.5, 0.6) is 0 Å². The lowest BCUT2D eigenvalue weighted by molar-refractivity contribution is -0.137. The van der Waals surface area contributed by atoms with Crippen LogP contribution in [-0.4, -0.2) is 31.0 Å². The lowest BCUT2D eigenvalue weighted by Crippen LogP contribution is -2.29. The van der Waals surface area contributed by atoms with Crippen LogP contribution < -0.4 is 21.1 Å². The van der Waals surface area contributed by atoms with E-state index >= 15 is 0 Å². The highest BCUT2D eigenvalue weighted by Crippen LogP contribution is 2.37. The lowest BCUT2D eigenvalue weighted by atomic mass is 10.0. The Hall–Kier alpha value is -3.74. The van der Waals surface area contributed by atoms with E-state index in [0.29, 0.717) is 5.09 Å². The number of furan rings is 1. The summed E-state index contributed by atoms with van der Waals surface area (Å²) < 4.78 is 45.1. The molecule has 13 heteroatoms. The van der Waals surface area contributed by atoms with Crippen LogP contribution >= 0.6 is 23.5 Å². The first-order chi connectivity index (χ1) is 19.1. The van der Waals surface area contributed by atoms with Gasteiger partial charge in [-0.2, -0.15) is 13.2 Å². The Morgan fingerprint density at radius 2 is 1.82 bits per heavy atom. The number of nitrogens with two attached hydrogens (primary N) is 2. The zero-order valence-electron chi connectivity index (χ0n) is 21.0. The molecule has 40 heavy (non-hydrogen) atoms. The van der Waals surface area contributed by atoms with E-state index in [1.807, 2.05) is 0 Å². The van der Waals surface area contributed by atoms with Crippen molar-refractivity contribution in [3.05, 3.63) is 82.2 Å². The molecule has 1 saturated heterocycles. The summed E-state index contributed by atoms with van der Waals surface area (Å²) in [6, 6.07) is 11.2. The first-order valence-corrected chi connectivity index (χ1v) is 13.4. The molecule has 0 saturated carbocycles. The van der Waals surface area contributed by atoms with Gasteiger partial charge in [-0.3, -0.25) is 19.7 Å². The molecule has 2 aromatic carbocycles. The van der Waals surface area contributed by atoms with E-state index < -0.39 is 28.5 Å². The summed E-state index contributed by atoms with van der Waals surface area (Å²) in [5.74, 6) is -1.21. The highest BCUT2D eigenvalue weighted by molar-refractivity contribution is 7.96. The van der Waals surface area contributed by atoms with Crippen molar-refractivity contribution >= 4 is 58.5 Å². The Bertz CT molecular complexity index is 1470. The number of hydrogen-bond donors (Lipinski definition) is 3. The first kappa shape index (κ1) is 29.2. The van der Waals surface area contributed by atoms with E-state index in [0.717, 1.165) is 74.5 Å². The van der Waals surface area contributed by atoms with Gasteiger partial charge in [0.05, 0.1) is 27.5 Å². The van der Waals surface area contributed by atoms with Crippen LogP contribution in [0, 0.1) is 0 Å². The maximum Gasteiger partial charge on any atom is 0.417 e. The summed E-state index contributed by atoms with van der Waals surface area (Å²) in [4.78, 5) is 32.7. The Kier molecular flexibility index (Phi) is 9.23. The monoisotopic (exact) mass is 591 g/mol. The Morgan fingerprint density at radius 1 is 1.07 bits per heavy atom. The minimum Gasteiger partial charge on any atom is -0.443 e. The van der Waals surface area contributed by atoms with Crippen LogP contribution in [0.3, 0.4) is 0 Å². The van der Waals surface area contributed by atoms with Gasteiger partial charge in [0.2, 0.25) is 0 Å². The van der Waals surface area contributed by atoms with Crippen molar-refractivity contribution < 1.29 is 27.2 Å². The fourth-order valence-electron chi connectivity index (χ4n) is 4.16. The van der Waals surface area contributed by atoms with Gasteiger partial charge in [-0.25, -0.2) is 0 Å². The molecule has 3 aromatic rings. The number of halogens is 4. The number of piperidine rings is 1. The smallest absolute Gasteiger partial charge is 0.417 e. The van der Waals surface area contributed by atoms with Crippen molar-refractivity contribution in [2.45, 2.75) is 30.5 Å². The number of hydrogen-bond acceptors (Lipinski definition) is 8. The van der Waals surface area contributed by atoms with E-state index in [1.165, 1.54) is 18.2 Å². The molecule has 4 rings (SSSR count). The third-order valence-corrected chi connectivity index (χ3v) is 6.97. The third-order valence-electron chi connectivity index (χ3n) is 6.19. The summed E-state index contributed by atoms with van der Waals surface area (Å²) in [6.45, 7) is 1.62. The van der Waals surface area contributed by atoms with Gasteiger partial charge in [-0.15, -0.1) is 0 Å². The van der Waals surface area contributed by atoms with Gasteiger partial charge in [0.1, 0.15) is 0 Å². The highest BCUT2D eigenvalue weighted by atomic mass is 35.5. The maximum absolute atomic E-state index is 13.6. The van der Waals surface area contributed by atoms with Crippen LogP contribution in [0.4, 0.5) is 30.2 Å². The van der Waals surface area contributed by atoms with Crippen molar-refractivity contribution in [2.75, 3.05) is 23.3 Å². The number of benzene rings is 2. The molecule has 0 atom stereocenters. The molecule has 1 fully saturated rings. The number of nitrogens with zero attached hydrogens (tertiary/aromatic N) is 2. The van der Waals surface area contributed by atoms with Gasteiger partial charge < -0.3 is 20.4 Å². The molecule has 210 valence electrons. The lowest BCUT2D eigenvalue weighted by Gasteiger charge is -2.29. The number of nitrogens with one attached hydrogen (secondary N) is 1. The maximum atomic E-state index is 13.6. The number of amides is 1. The minimum atomic E-state index is -4.68. The number of ketones is 1. The van der Waals surface area contributed by atoms with Gasteiger partial charge in [0, 0.05) is 36.8 Å². The fourth-order valence-corrected chi connectivity index (χ4v) is 4.66. The third kappa shape index (κ3) is 6.87. The summed E-state index contributed by atoms with van der Waals surface area (Å²) in [5, 5.41) is 8.02. The molecular weight excluding hydrogens is 567 g/mol. The zero-order chi connectivity index (χ0) is 28.9. The molecule has 1 amide bonds. The molecule has 1 aromatic heterocycles. The van der Waals surface area contributed by atoms with E-state index in [9.17, 15) is 22.8 Å². The second-order valence-electron chi connectivity index (χ2n) is 8.84. The molecular formula is C27H25ClF3N5O3S. The van der Waals surface area contributed by atoms with Crippen LogP contribution in [-0.2, 0) is 6.18 Å². The number of carbonyl (C=O) groups excluding carboxylic acids is 2. The number of anilines is 2. The number of aliphatic imine (C=N–C) groups is 1. The van der Waals surface area contributed by atoms with Crippen molar-refractivity contribution in [1.82, 2.24) is 0 Å². The zero-order valence-corrected chi connectivity index (χ0v) is 22.6. The van der Waals surface area contributed by atoms with Crippen molar-refractivity contribution in [1.29, 1.82) is 0 Å². The van der Waals surface area contributed by atoms with Gasteiger partial charge in [-0.05, 0) is 79.7 Å². The first-order valence-electron chi connectivity index (χ1n) is 12.1. The van der Waals surface area contributed by atoms with Crippen LogP contribution in [0.2, 0.25) is 5.02 Å². The molecule has 1 aliphatic rings. The molecule has 2 heterocycles. The Labute approximate surface area is 237 Å². The number of carbonyl (C=O) groups is 2. The number of rotatable bonds is 8. The predicted octanol–water partition coefficient (Wildman–Crippen LogP) is 6.59. The van der Waals surface area contributed by atoms with E-state index in [-0.39, 0.29) is 28.3 Å². The standard InChI is InChI=1S/C27H25ClF3N5O3S/c28-21-6-4-17(12-20(21)27(29,30)31)34-15-16(14-32)25(37)19-13-18(36-10-2-1-3-11-36)5-7-22(19)35-26(38)23-8-9-24(39-23)40-33/h4-9,12-15H,1-3,10-11,32-33H2,(H,35,38)/b16-14+,34-15?. The second-order valence-corrected chi connectivity index (χ2v) is 9.88. The van der Waals surface area contributed by atoms with E-state index in [1.54, 1.807) is 18.2 Å². The summed E-state index contributed by atoms with van der Waals surface area (Å²) in [5.41, 5.74) is 5.59. The van der Waals surface area contributed by atoms with E-state index in [4.69, 9.17) is 26.9 Å². The Balaban J connectivity index is 1.66. The number of allylic oxidation sites excluding steroid dienone is 1. The molecule has 8 nitrogen and oxygen atoms in total. The van der Waals surface area contributed by atoms with Gasteiger partial charge in [-0.1, -0.05) is 11.6 Å². The molecule has 0 spiro atoms. The average Bonchev–Trinajstić information content (AvgIpc) is 3.44. The fraction of sp³-hybridized carbons (Fsp3) is 0.222. The molecule has 0 unspecified atom stereocenters. The second kappa shape index (κ2) is 12.6. The molecule has 0 aliphatic carbocycles. The topological polar surface area (TPSA) is 127 Å². The highest BCUT2D eigenvalue weighted by Gasteiger charge is 2.33. The van der Waals surface area contributed by atoms with Crippen LogP contribution in [0.25, 0.3) is 0 Å². The quantitative estimate of drug-likeness (QED) is 0.117. The number of Topliss-reactive ketones (excluding diaryl/α,β-unsaturated/α-hetero) is 1. The van der Waals surface area contributed by atoms with Crippen LogP contribution in [0.1, 0.15) is 45.7 Å². The van der Waals surface area contributed by atoms with Crippen molar-refractivity contribution in [2.24, 2.45) is 15.9 Å². The SMILES string of the molecule is N/C=C(\C=Nc1ccc(Cl)c(C(F)(F)F)c1)C(=O)c1cc(N2CCCCC2)ccc1NC(=O)c1ccc(SN)o1. The van der Waals surface area contributed by atoms with Gasteiger partial charge >= 0.3 is 6.18 Å². The summed E-state index contributed by atoms with van der Waals surface area (Å²) in [6.07, 6.45) is 0.516. The molecule has 0 radical (unpaired) electrons. The van der Waals surface area contributed by atoms with Gasteiger partial charge in [0.25, 0.3) is 5.91 Å². The number of alkyl halides is 3. The Morgan fingerprint density at radius 3 is 2.48 bits per heavy atom. The average molecular weight is 592 g/mol.